The van der Waals surface area contributed by atoms with Crippen LogP contribution < -0.4 is 15.4 Å². The Labute approximate surface area is 260 Å². The number of aromatic amines is 1. The molecular formula is C36H45N5O3. The smallest absolute Gasteiger partial charge is 0.318 e. The van der Waals surface area contributed by atoms with Gasteiger partial charge in [-0.25, -0.2) is 4.79 Å². The van der Waals surface area contributed by atoms with E-state index in [0.29, 0.717) is 37.1 Å². The first kappa shape index (κ1) is 31.1. The molecule has 5 rings (SSSR count). The summed E-state index contributed by atoms with van der Waals surface area (Å²) in [5, 5.41) is 7.29. The van der Waals surface area contributed by atoms with Crippen LogP contribution in [0.3, 0.4) is 0 Å². The molecule has 3 amide bonds. The highest BCUT2D eigenvalue weighted by molar-refractivity contribution is 5.99. The van der Waals surface area contributed by atoms with Crippen LogP contribution in [0.5, 0.6) is 5.75 Å². The molecule has 1 aromatic heterocycles. The lowest BCUT2D eigenvalue weighted by Crippen LogP contribution is -2.53. The average molecular weight is 596 g/mol. The molecule has 232 valence electrons. The Morgan fingerprint density at radius 1 is 1.05 bits per heavy atom. The number of rotatable bonds is 10. The minimum Gasteiger partial charge on any atom is -0.492 e. The van der Waals surface area contributed by atoms with Crippen molar-refractivity contribution >= 4 is 28.5 Å². The van der Waals surface area contributed by atoms with E-state index in [9.17, 15) is 9.59 Å². The van der Waals surface area contributed by atoms with Gasteiger partial charge in [0.1, 0.15) is 11.8 Å². The molecule has 44 heavy (non-hydrogen) atoms. The maximum absolute atomic E-state index is 14.1. The maximum atomic E-state index is 14.1. The predicted octanol–water partition coefficient (Wildman–Crippen LogP) is 6.64. The van der Waals surface area contributed by atoms with Crippen molar-refractivity contribution < 1.29 is 14.3 Å². The monoisotopic (exact) mass is 595 g/mol. The Balaban J connectivity index is 1.38. The molecule has 1 aliphatic rings. The number of piperidine rings is 1. The Morgan fingerprint density at radius 2 is 1.77 bits per heavy atom. The third kappa shape index (κ3) is 7.08. The van der Waals surface area contributed by atoms with Gasteiger partial charge in [0.2, 0.25) is 5.91 Å². The van der Waals surface area contributed by atoms with Crippen LogP contribution in [0, 0.1) is 6.92 Å². The number of amides is 3. The van der Waals surface area contributed by atoms with Crippen molar-refractivity contribution in [2.75, 3.05) is 39.1 Å². The summed E-state index contributed by atoms with van der Waals surface area (Å²) in [5.41, 5.74) is 6.27. The maximum Gasteiger partial charge on any atom is 0.318 e. The van der Waals surface area contributed by atoms with Crippen molar-refractivity contribution in [2.45, 2.75) is 58.0 Å². The molecule has 0 radical (unpaired) electrons. The van der Waals surface area contributed by atoms with E-state index in [-0.39, 0.29) is 17.9 Å². The van der Waals surface area contributed by atoms with Gasteiger partial charge in [-0.3, -0.25) is 4.79 Å². The molecule has 0 bridgehead atoms. The number of H-pyrrole nitrogens is 1. The molecule has 2 heterocycles. The number of likely N-dealkylation sites (tertiary alicyclic amines) is 1. The second-order valence-corrected chi connectivity index (χ2v) is 12.1. The number of nitrogens with one attached hydrogen (secondary N) is 3. The number of fused-ring (bicyclic) bond motifs is 1. The molecule has 8 nitrogen and oxygen atoms in total. The Kier molecular flexibility index (Phi) is 9.90. The van der Waals surface area contributed by atoms with E-state index < -0.39 is 6.04 Å². The molecule has 8 heteroatoms. The fourth-order valence-corrected chi connectivity index (χ4v) is 6.36. The third-order valence-corrected chi connectivity index (χ3v) is 8.68. The van der Waals surface area contributed by atoms with Crippen molar-refractivity contribution in [1.29, 1.82) is 0 Å². The van der Waals surface area contributed by atoms with Gasteiger partial charge in [-0.15, -0.1) is 0 Å². The van der Waals surface area contributed by atoms with E-state index in [4.69, 9.17) is 4.74 Å². The summed E-state index contributed by atoms with van der Waals surface area (Å²) in [7, 11) is 4.01. The van der Waals surface area contributed by atoms with Gasteiger partial charge < -0.3 is 30.2 Å². The molecule has 2 atom stereocenters. The topological polar surface area (TPSA) is 89.7 Å². The first-order valence-corrected chi connectivity index (χ1v) is 15.6. The lowest BCUT2D eigenvalue weighted by molar-refractivity contribution is -0.118. The number of carbonyl (C=O) groups excluding carboxylic acids is 2. The van der Waals surface area contributed by atoms with Crippen molar-refractivity contribution in [3.63, 3.8) is 0 Å². The highest BCUT2D eigenvalue weighted by atomic mass is 16.5. The van der Waals surface area contributed by atoms with Gasteiger partial charge in [0.05, 0.1) is 12.3 Å². The van der Waals surface area contributed by atoms with Gasteiger partial charge in [-0.2, -0.15) is 0 Å². The predicted molar refractivity (Wildman–Crippen MR) is 177 cm³/mol. The molecular weight excluding hydrogens is 550 g/mol. The standard InChI is InChI=1S/C36H45N5O3/c1-6-44-33-16-15-26(23-40(4)5)21-32(33)38-35(42)34(25(3)30-22-37-31-14-10-9-13-29(30)31)39-36(43)41-19-17-27(18-20-41)28-12-8-7-11-24(28)2/h7-16,21-22,25,27,34,37H,6,17-20,23H2,1-5H3,(H,38,42)(H,39,43)/t25-,34-/m1/s1. The summed E-state index contributed by atoms with van der Waals surface area (Å²) in [4.78, 5) is 35.2. The molecule has 1 fully saturated rings. The van der Waals surface area contributed by atoms with Crippen LogP contribution in [-0.2, 0) is 11.3 Å². The number of carbonyl (C=O) groups is 2. The summed E-state index contributed by atoms with van der Waals surface area (Å²) in [6.07, 6.45) is 3.73. The molecule has 0 spiro atoms. The molecule has 3 N–H and O–H groups in total. The number of anilines is 1. The number of hydrogen-bond acceptors (Lipinski definition) is 4. The average Bonchev–Trinajstić information content (AvgIpc) is 3.45. The highest BCUT2D eigenvalue weighted by Crippen LogP contribution is 2.32. The van der Waals surface area contributed by atoms with Crippen LogP contribution >= 0.6 is 0 Å². The molecule has 0 saturated carbocycles. The van der Waals surface area contributed by atoms with Crippen LogP contribution in [0.1, 0.15) is 60.8 Å². The van der Waals surface area contributed by atoms with E-state index in [0.717, 1.165) is 41.4 Å². The van der Waals surface area contributed by atoms with Crippen molar-refractivity contribution in [3.8, 4) is 5.75 Å². The van der Waals surface area contributed by atoms with Gasteiger partial charge in [0.25, 0.3) is 0 Å². The summed E-state index contributed by atoms with van der Waals surface area (Å²) in [6.45, 7) is 8.54. The number of ether oxygens (including phenoxy) is 1. The molecule has 4 aromatic rings. The Hall–Kier alpha value is -4.30. The van der Waals surface area contributed by atoms with Crippen LogP contribution in [0.2, 0.25) is 0 Å². The van der Waals surface area contributed by atoms with Gasteiger partial charge >= 0.3 is 6.03 Å². The van der Waals surface area contributed by atoms with Crippen LogP contribution in [0.25, 0.3) is 10.9 Å². The van der Waals surface area contributed by atoms with Crippen molar-refractivity contribution in [3.05, 3.63) is 95.2 Å². The Morgan fingerprint density at radius 3 is 2.50 bits per heavy atom. The number of benzene rings is 3. The van der Waals surface area contributed by atoms with Crippen LogP contribution in [-0.4, -0.2) is 66.6 Å². The summed E-state index contributed by atoms with van der Waals surface area (Å²) in [5.74, 6) is 0.441. The number of urea groups is 1. The molecule has 0 aliphatic carbocycles. The number of para-hydroxylation sites is 1. The number of hydrogen-bond donors (Lipinski definition) is 3. The van der Waals surface area contributed by atoms with Gasteiger partial charge in [-0.05, 0) is 87.2 Å². The van der Waals surface area contributed by atoms with Gasteiger partial charge in [0.15, 0.2) is 0 Å². The lowest BCUT2D eigenvalue weighted by Gasteiger charge is -2.34. The lowest BCUT2D eigenvalue weighted by atomic mass is 9.87. The number of aryl methyl sites for hydroxylation is 1. The second-order valence-electron chi connectivity index (χ2n) is 12.1. The summed E-state index contributed by atoms with van der Waals surface area (Å²) < 4.78 is 5.87. The van der Waals surface area contributed by atoms with E-state index >= 15 is 0 Å². The summed E-state index contributed by atoms with van der Waals surface area (Å²) in [6, 6.07) is 21.4. The zero-order valence-electron chi connectivity index (χ0n) is 26.5. The highest BCUT2D eigenvalue weighted by Gasteiger charge is 2.33. The quantitative estimate of drug-likeness (QED) is 0.192. The molecule has 3 aromatic carbocycles. The Bertz CT molecular complexity index is 1590. The van der Waals surface area contributed by atoms with E-state index in [1.807, 2.05) is 81.5 Å². The zero-order valence-corrected chi connectivity index (χ0v) is 26.5. The first-order chi connectivity index (χ1) is 21.2. The number of nitrogens with zero attached hydrogens (tertiary/aromatic N) is 2. The van der Waals surface area contributed by atoms with E-state index in [1.54, 1.807) is 0 Å². The minimum atomic E-state index is -0.817. The normalized spacial score (nSPS) is 15.3. The number of aromatic nitrogens is 1. The largest absolute Gasteiger partial charge is 0.492 e. The summed E-state index contributed by atoms with van der Waals surface area (Å²) >= 11 is 0. The fourth-order valence-electron chi connectivity index (χ4n) is 6.36. The van der Waals surface area contributed by atoms with Crippen LogP contribution in [0.4, 0.5) is 10.5 Å². The molecule has 1 aliphatic heterocycles. The van der Waals surface area contributed by atoms with Crippen molar-refractivity contribution in [1.82, 2.24) is 20.1 Å². The second kappa shape index (κ2) is 14.0. The fraction of sp³-hybridized carbons (Fsp3) is 0.389. The van der Waals surface area contributed by atoms with E-state index in [1.165, 1.54) is 11.1 Å². The van der Waals surface area contributed by atoms with E-state index in [2.05, 4.69) is 51.7 Å². The molecule has 1 saturated heterocycles. The van der Waals surface area contributed by atoms with Gasteiger partial charge in [0, 0.05) is 42.7 Å². The first-order valence-electron chi connectivity index (χ1n) is 15.6. The minimum absolute atomic E-state index is 0.216. The van der Waals surface area contributed by atoms with Crippen molar-refractivity contribution in [2.24, 2.45) is 0 Å². The zero-order chi connectivity index (χ0) is 31.2. The van der Waals surface area contributed by atoms with Crippen LogP contribution in [0.15, 0.2) is 72.9 Å². The van der Waals surface area contributed by atoms with Gasteiger partial charge in [-0.1, -0.05) is 55.5 Å². The molecule has 0 unspecified atom stereocenters. The third-order valence-electron chi connectivity index (χ3n) is 8.68. The SMILES string of the molecule is CCOc1ccc(CN(C)C)cc1NC(=O)[C@H](NC(=O)N1CCC(c2ccccc2C)CC1)[C@H](C)c1c[nH]c2ccccc12.